The van der Waals surface area contributed by atoms with E-state index in [1.54, 1.807) is 17.7 Å². The zero-order valence-electron chi connectivity index (χ0n) is 16.9. The van der Waals surface area contributed by atoms with Gasteiger partial charge >= 0.3 is 0 Å². The minimum atomic E-state index is 0.0527. The van der Waals surface area contributed by atoms with E-state index in [1.165, 1.54) is 23.4 Å². The summed E-state index contributed by atoms with van der Waals surface area (Å²) in [6.07, 6.45) is 4.29. The number of nitrogens with one attached hydrogen (secondary N) is 2. The van der Waals surface area contributed by atoms with Crippen LogP contribution < -0.4 is 11.1 Å². The first-order valence-corrected chi connectivity index (χ1v) is 11.1. The second-order valence-corrected chi connectivity index (χ2v) is 7.92. The summed E-state index contributed by atoms with van der Waals surface area (Å²) in [4.78, 5) is 12.2. The predicted molar refractivity (Wildman–Crippen MR) is 122 cm³/mol. The number of fused-ring (bicyclic) bond motifs is 1. The van der Waals surface area contributed by atoms with E-state index >= 15 is 0 Å². The van der Waals surface area contributed by atoms with Crippen LogP contribution in [0.25, 0.3) is 22.3 Å². The lowest BCUT2D eigenvalue weighted by Gasteiger charge is -2.19. The Hall–Kier alpha value is -2.70. The van der Waals surface area contributed by atoms with Gasteiger partial charge in [0, 0.05) is 29.1 Å². The first kappa shape index (κ1) is 19.6. The second-order valence-electron chi connectivity index (χ2n) is 7.03. The molecule has 2 heterocycles. The van der Waals surface area contributed by atoms with Crippen molar-refractivity contribution in [3.63, 3.8) is 0 Å². The molecule has 1 unspecified atom stereocenters. The average molecular weight is 406 g/mol. The topological polar surface area (TPSA) is 79.6 Å². The summed E-state index contributed by atoms with van der Waals surface area (Å²) in [5, 5.41) is 6.98. The van der Waals surface area contributed by atoms with Crippen LogP contribution in [0.3, 0.4) is 0 Å². The summed E-state index contributed by atoms with van der Waals surface area (Å²) < 4.78 is 0. The van der Waals surface area contributed by atoms with Crippen LogP contribution in [0, 0.1) is 0 Å². The third-order valence-corrected chi connectivity index (χ3v) is 6.06. The maximum Gasteiger partial charge on any atom is 0.0963 e. The SMILES string of the molecule is CC.NCC(Nc1ccc2nc[nH]c2c1)c1ccc(-c2csc(C3CC3)n2)cc1. The number of aromatic nitrogens is 3. The highest BCUT2D eigenvalue weighted by molar-refractivity contribution is 7.10. The minimum absolute atomic E-state index is 0.0527. The van der Waals surface area contributed by atoms with Crippen LogP contribution in [0.5, 0.6) is 0 Å². The number of thiazole rings is 1. The summed E-state index contributed by atoms with van der Waals surface area (Å²) >= 11 is 1.78. The van der Waals surface area contributed by atoms with Crippen molar-refractivity contribution < 1.29 is 0 Å². The Morgan fingerprint density at radius 2 is 1.97 bits per heavy atom. The first-order valence-electron chi connectivity index (χ1n) is 10.3. The van der Waals surface area contributed by atoms with Crippen molar-refractivity contribution in [2.45, 2.75) is 38.6 Å². The molecule has 29 heavy (non-hydrogen) atoms. The molecule has 0 amide bonds. The molecule has 1 aliphatic carbocycles. The zero-order chi connectivity index (χ0) is 20.2. The fourth-order valence-corrected chi connectivity index (χ4v) is 4.33. The van der Waals surface area contributed by atoms with Gasteiger partial charge in [-0.25, -0.2) is 9.97 Å². The van der Waals surface area contributed by atoms with Crippen molar-refractivity contribution in [2.75, 3.05) is 11.9 Å². The highest BCUT2D eigenvalue weighted by atomic mass is 32.1. The van der Waals surface area contributed by atoms with Crippen LogP contribution >= 0.6 is 11.3 Å². The number of hydrogen-bond acceptors (Lipinski definition) is 5. The molecule has 1 aliphatic rings. The number of imidazole rings is 1. The maximum absolute atomic E-state index is 6.04. The summed E-state index contributed by atoms with van der Waals surface area (Å²) in [7, 11) is 0. The Labute approximate surface area is 175 Å². The number of H-pyrrole nitrogens is 1. The summed E-state index contributed by atoms with van der Waals surface area (Å²) in [6.45, 7) is 4.52. The monoisotopic (exact) mass is 405 g/mol. The van der Waals surface area contributed by atoms with Gasteiger partial charge in [-0.2, -0.15) is 0 Å². The van der Waals surface area contributed by atoms with Crippen LogP contribution in [0.2, 0.25) is 0 Å². The molecule has 4 N–H and O–H groups in total. The molecule has 0 saturated heterocycles. The zero-order valence-corrected chi connectivity index (χ0v) is 17.7. The van der Waals surface area contributed by atoms with E-state index in [4.69, 9.17) is 10.7 Å². The molecule has 150 valence electrons. The lowest BCUT2D eigenvalue weighted by Crippen LogP contribution is -2.20. The molecular formula is C23H27N5S. The molecule has 1 atom stereocenters. The van der Waals surface area contributed by atoms with Crippen LogP contribution in [-0.4, -0.2) is 21.5 Å². The Balaban J connectivity index is 0.000000994. The molecule has 4 aromatic rings. The Morgan fingerprint density at radius 1 is 1.17 bits per heavy atom. The van der Waals surface area contributed by atoms with E-state index in [1.807, 2.05) is 26.0 Å². The van der Waals surface area contributed by atoms with Crippen molar-refractivity contribution in [1.29, 1.82) is 0 Å². The summed E-state index contributed by atoms with van der Waals surface area (Å²) in [5.74, 6) is 0.709. The molecule has 0 bridgehead atoms. The van der Waals surface area contributed by atoms with Gasteiger partial charge in [-0.1, -0.05) is 38.1 Å². The van der Waals surface area contributed by atoms with E-state index < -0.39 is 0 Å². The molecule has 0 spiro atoms. The Kier molecular flexibility index (Phi) is 5.92. The Morgan fingerprint density at radius 3 is 2.69 bits per heavy atom. The predicted octanol–water partition coefficient (Wildman–Crippen LogP) is 5.70. The largest absolute Gasteiger partial charge is 0.377 e. The number of rotatable bonds is 6. The van der Waals surface area contributed by atoms with Gasteiger partial charge in [0.25, 0.3) is 0 Å². The van der Waals surface area contributed by atoms with Crippen molar-refractivity contribution in [3.05, 3.63) is 64.7 Å². The molecule has 2 aromatic carbocycles. The average Bonchev–Trinajstić information content (AvgIpc) is 3.32. The number of aromatic amines is 1. The highest BCUT2D eigenvalue weighted by Crippen LogP contribution is 2.42. The van der Waals surface area contributed by atoms with E-state index in [0.29, 0.717) is 12.5 Å². The molecule has 5 nitrogen and oxygen atoms in total. The van der Waals surface area contributed by atoms with Gasteiger partial charge in [-0.3, -0.25) is 0 Å². The fourth-order valence-electron chi connectivity index (χ4n) is 3.33. The minimum Gasteiger partial charge on any atom is -0.377 e. The van der Waals surface area contributed by atoms with Gasteiger partial charge in [0.15, 0.2) is 0 Å². The quantitative estimate of drug-likeness (QED) is 0.384. The molecule has 6 heteroatoms. The Bertz CT molecular complexity index is 1060. The third-order valence-electron chi connectivity index (χ3n) is 5.05. The fraction of sp³-hybridized carbons (Fsp3) is 0.304. The standard InChI is InChI=1S/C21H21N5S.C2H6/c22-10-19(25-16-7-8-17-18(9-16)24-12-23-17)13-1-3-14(4-2-13)20-11-27-21(26-20)15-5-6-15;1-2/h1-4,7-9,11-12,15,19,25H,5-6,10,22H2,(H,23,24);1-2H3. The molecule has 0 radical (unpaired) electrons. The van der Waals surface area contributed by atoms with Gasteiger partial charge in [-0.05, 0) is 36.6 Å². The van der Waals surface area contributed by atoms with Crippen molar-refractivity contribution in [2.24, 2.45) is 5.73 Å². The van der Waals surface area contributed by atoms with Crippen molar-refractivity contribution in [3.8, 4) is 11.3 Å². The molecule has 2 aromatic heterocycles. The number of nitrogens with zero attached hydrogens (tertiary/aromatic N) is 2. The van der Waals surface area contributed by atoms with Crippen molar-refractivity contribution >= 4 is 28.1 Å². The van der Waals surface area contributed by atoms with E-state index in [-0.39, 0.29) is 6.04 Å². The van der Waals surface area contributed by atoms with Crippen LogP contribution in [0.1, 0.15) is 49.2 Å². The number of benzene rings is 2. The smallest absolute Gasteiger partial charge is 0.0963 e. The highest BCUT2D eigenvalue weighted by Gasteiger charge is 2.26. The van der Waals surface area contributed by atoms with E-state index in [9.17, 15) is 0 Å². The molecule has 5 rings (SSSR count). The van der Waals surface area contributed by atoms with Gasteiger partial charge in [0.1, 0.15) is 0 Å². The second kappa shape index (κ2) is 8.76. The molecule has 1 saturated carbocycles. The molecule has 0 aliphatic heterocycles. The van der Waals surface area contributed by atoms with Gasteiger partial charge in [0.05, 0.1) is 34.1 Å². The molecule has 1 fully saturated rings. The van der Waals surface area contributed by atoms with Crippen LogP contribution in [-0.2, 0) is 0 Å². The summed E-state index contributed by atoms with van der Waals surface area (Å²) in [6, 6.07) is 14.7. The lowest BCUT2D eigenvalue weighted by atomic mass is 10.0. The number of anilines is 1. The number of hydrogen-bond donors (Lipinski definition) is 3. The first-order chi connectivity index (χ1) is 14.3. The van der Waals surface area contributed by atoms with Gasteiger partial charge in [0.2, 0.25) is 0 Å². The van der Waals surface area contributed by atoms with Crippen molar-refractivity contribution in [1.82, 2.24) is 15.0 Å². The normalized spacial score (nSPS) is 14.3. The van der Waals surface area contributed by atoms with Crippen LogP contribution in [0.15, 0.2) is 54.2 Å². The molecular weight excluding hydrogens is 378 g/mol. The van der Waals surface area contributed by atoms with E-state index in [0.717, 1.165) is 28.0 Å². The van der Waals surface area contributed by atoms with Gasteiger partial charge < -0.3 is 16.0 Å². The maximum atomic E-state index is 6.04. The third kappa shape index (κ3) is 4.33. The van der Waals surface area contributed by atoms with Crippen LogP contribution in [0.4, 0.5) is 5.69 Å². The van der Waals surface area contributed by atoms with E-state index in [2.05, 4.69) is 51.0 Å². The van der Waals surface area contributed by atoms with Gasteiger partial charge in [-0.15, -0.1) is 11.3 Å². The lowest BCUT2D eigenvalue weighted by molar-refractivity contribution is 0.790. The number of nitrogens with two attached hydrogens (primary N) is 1. The summed E-state index contributed by atoms with van der Waals surface area (Å²) in [5.41, 5.74) is 12.5.